The lowest BCUT2D eigenvalue weighted by Gasteiger charge is -2.20. The van der Waals surface area contributed by atoms with E-state index in [-0.39, 0.29) is 11.8 Å². The van der Waals surface area contributed by atoms with Crippen molar-refractivity contribution in [1.29, 1.82) is 0 Å². The summed E-state index contributed by atoms with van der Waals surface area (Å²) in [6, 6.07) is 4.07. The normalized spacial score (nSPS) is 19.7. The van der Waals surface area contributed by atoms with Crippen molar-refractivity contribution in [2.45, 2.75) is 12.3 Å². The number of H-pyrrole nitrogens is 1. The first-order valence-electron chi connectivity index (χ1n) is 4.71. The molecule has 0 aliphatic carbocycles. The van der Waals surface area contributed by atoms with Gasteiger partial charge in [-0.2, -0.15) is 5.10 Å². The van der Waals surface area contributed by atoms with Crippen molar-refractivity contribution in [3.8, 4) is 0 Å². The molecular formula is C10H9N3OS. The molecule has 1 aliphatic rings. The van der Waals surface area contributed by atoms with E-state index in [4.69, 9.17) is 0 Å². The van der Waals surface area contributed by atoms with Crippen LogP contribution >= 0.6 is 11.3 Å². The number of carbonyl (C=O) groups is 1. The Kier molecular flexibility index (Phi) is 1.85. The molecule has 2 aromatic rings. The number of thiophene rings is 1. The number of amides is 1. The highest BCUT2D eigenvalue weighted by molar-refractivity contribution is 7.10. The molecule has 0 bridgehead atoms. The van der Waals surface area contributed by atoms with Crippen LogP contribution in [0.4, 0.5) is 5.82 Å². The minimum absolute atomic E-state index is 0.0464. The molecule has 15 heavy (non-hydrogen) atoms. The smallest absolute Gasteiger partial charge is 0.226 e. The lowest BCUT2D eigenvalue weighted by molar-refractivity contribution is -0.116. The number of nitrogens with one attached hydrogen (secondary N) is 2. The van der Waals surface area contributed by atoms with E-state index in [1.54, 1.807) is 17.5 Å². The van der Waals surface area contributed by atoms with E-state index >= 15 is 0 Å². The summed E-state index contributed by atoms with van der Waals surface area (Å²) in [7, 11) is 0. The molecule has 0 spiro atoms. The van der Waals surface area contributed by atoms with Crippen LogP contribution < -0.4 is 5.32 Å². The average molecular weight is 219 g/mol. The summed E-state index contributed by atoms with van der Waals surface area (Å²) in [5, 5.41) is 11.6. The fourth-order valence-electron chi connectivity index (χ4n) is 1.89. The van der Waals surface area contributed by atoms with Gasteiger partial charge in [0, 0.05) is 22.8 Å². The zero-order valence-corrected chi connectivity index (χ0v) is 8.67. The van der Waals surface area contributed by atoms with Crippen LogP contribution in [0.1, 0.15) is 22.8 Å². The Hall–Kier alpha value is -1.62. The molecule has 1 aliphatic heterocycles. The van der Waals surface area contributed by atoms with E-state index in [1.165, 1.54) is 4.88 Å². The summed E-state index contributed by atoms with van der Waals surface area (Å²) in [4.78, 5) is 12.7. The van der Waals surface area contributed by atoms with Gasteiger partial charge < -0.3 is 5.32 Å². The van der Waals surface area contributed by atoms with Crippen molar-refractivity contribution in [2.24, 2.45) is 0 Å². The van der Waals surface area contributed by atoms with Gasteiger partial charge in [-0.15, -0.1) is 11.3 Å². The highest BCUT2D eigenvalue weighted by Crippen LogP contribution is 2.37. The van der Waals surface area contributed by atoms with E-state index in [0.717, 1.165) is 11.4 Å². The van der Waals surface area contributed by atoms with Crippen LogP contribution in [-0.2, 0) is 4.79 Å². The monoisotopic (exact) mass is 219 g/mol. The van der Waals surface area contributed by atoms with Gasteiger partial charge in [-0.3, -0.25) is 9.89 Å². The number of nitrogens with zero attached hydrogens (tertiary/aromatic N) is 1. The minimum Gasteiger partial charge on any atom is -0.311 e. The van der Waals surface area contributed by atoms with Crippen LogP contribution in [0.5, 0.6) is 0 Å². The molecule has 2 N–H and O–H groups in total. The van der Waals surface area contributed by atoms with Crippen molar-refractivity contribution in [2.75, 3.05) is 5.32 Å². The molecule has 0 saturated heterocycles. The van der Waals surface area contributed by atoms with Gasteiger partial charge in [-0.25, -0.2) is 0 Å². The van der Waals surface area contributed by atoms with Crippen LogP contribution in [0.15, 0.2) is 23.7 Å². The Morgan fingerprint density at radius 2 is 2.47 bits per heavy atom. The topological polar surface area (TPSA) is 57.8 Å². The van der Waals surface area contributed by atoms with E-state index in [9.17, 15) is 4.79 Å². The first kappa shape index (κ1) is 8.67. The first-order chi connectivity index (χ1) is 7.34. The Balaban J connectivity index is 2.08. The molecule has 3 rings (SSSR count). The Bertz CT molecular complexity index is 489. The van der Waals surface area contributed by atoms with E-state index in [0.29, 0.717) is 6.42 Å². The van der Waals surface area contributed by atoms with Gasteiger partial charge in [0.25, 0.3) is 0 Å². The molecule has 0 saturated carbocycles. The number of carbonyl (C=O) groups excluding carboxylic acids is 1. The van der Waals surface area contributed by atoms with Gasteiger partial charge in [0.1, 0.15) is 5.82 Å². The molecule has 0 aromatic carbocycles. The number of hydrogen-bond acceptors (Lipinski definition) is 3. The zero-order chi connectivity index (χ0) is 10.3. The fraction of sp³-hybridized carbons (Fsp3) is 0.200. The van der Waals surface area contributed by atoms with Crippen molar-refractivity contribution >= 4 is 23.1 Å². The summed E-state index contributed by atoms with van der Waals surface area (Å²) in [6.07, 6.45) is 2.30. The van der Waals surface area contributed by atoms with Crippen molar-refractivity contribution < 1.29 is 4.79 Å². The zero-order valence-electron chi connectivity index (χ0n) is 7.86. The highest BCUT2D eigenvalue weighted by atomic mass is 32.1. The largest absolute Gasteiger partial charge is 0.311 e. The van der Waals surface area contributed by atoms with Crippen LogP contribution in [-0.4, -0.2) is 16.1 Å². The predicted molar refractivity (Wildman–Crippen MR) is 58.0 cm³/mol. The van der Waals surface area contributed by atoms with Crippen molar-refractivity contribution in [1.82, 2.24) is 10.2 Å². The number of anilines is 1. The number of aromatic amines is 1. The second kappa shape index (κ2) is 3.20. The van der Waals surface area contributed by atoms with Gasteiger partial charge >= 0.3 is 0 Å². The molecule has 2 aromatic heterocycles. The quantitative estimate of drug-likeness (QED) is 0.770. The number of rotatable bonds is 1. The molecule has 5 heteroatoms. The SMILES string of the molecule is O=C1C[C@@H](c2cccs2)c2cn[nH]c2N1. The van der Waals surface area contributed by atoms with Crippen LogP contribution in [0.3, 0.4) is 0 Å². The number of hydrogen-bond donors (Lipinski definition) is 2. The van der Waals surface area contributed by atoms with E-state index < -0.39 is 0 Å². The van der Waals surface area contributed by atoms with Crippen molar-refractivity contribution in [3.63, 3.8) is 0 Å². The lowest BCUT2D eigenvalue weighted by Crippen LogP contribution is -2.22. The van der Waals surface area contributed by atoms with Gasteiger partial charge in [0.15, 0.2) is 0 Å². The average Bonchev–Trinajstić information content (AvgIpc) is 2.86. The van der Waals surface area contributed by atoms with Gasteiger partial charge in [0.2, 0.25) is 5.91 Å². The summed E-state index contributed by atoms with van der Waals surface area (Å²) in [6.45, 7) is 0. The van der Waals surface area contributed by atoms with E-state index in [1.807, 2.05) is 11.4 Å². The Labute approximate surface area is 90.3 Å². The maximum absolute atomic E-state index is 11.5. The fourth-order valence-corrected chi connectivity index (χ4v) is 2.73. The third kappa shape index (κ3) is 1.35. The van der Waals surface area contributed by atoms with Crippen molar-refractivity contribution in [3.05, 3.63) is 34.2 Å². The minimum atomic E-state index is 0.0464. The second-order valence-electron chi connectivity index (χ2n) is 3.52. The number of aromatic nitrogens is 2. The van der Waals surface area contributed by atoms with Gasteiger partial charge in [-0.05, 0) is 11.4 Å². The molecule has 1 amide bonds. The summed E-state index contributed by atoms with van der Waals surface area (Å²) in [5.41, 5.74) is 1.08. The molecule has 4 nitrogen and oxygen atoms in total. The van der Waals surface area contributed by atoms with Crippen LogP contribution in [0, 0.1) is 0 Å². The summed E-state index contributed by atoms with van der Waals surface area (Å²) in [5.74, 6) is 0.947. The van der Waals surface area contributed by atoms with Gasteiger partial charge in [0.05, 0.1) is 6.20 Å². The molecule has 0 unspecified atom stereocenters. The van der Waals surface area contributed by atoms with E-state index in [2.05, 4.69) is 21.6 Å². The first-order valence-corrected chi connectivity index (χ1v) is 5.59. The third-order valence-corrected chi connectivity index (χ3v) is 3.57. The lowest BCUT2D eigenvalue weighted by atomic mass is 9.93. The highest BCUT2D eigenvalue weighted by Gasteiger charge is 2.28. The second-order valence-corrected chi connectivity index (χ2v) is 4.50. The Morgan fingerprint density at radius 3 is 3.27 bits per heavy atom. The van der Waals surface area contributed by atoms with Crippen LogP contribution in [0.2, 0.25) is 0 Å². The predicted octanol–water partition coefficient (Wildman–Crippen LogP) is 1.95. The molecule has 0 fully saturated rings. The summed E-state index contributed by atoms with van der Waals surface area (Å²) >= 11 is 1.68. The molecule has 76 valence electrons. The van der Waals surface area contributed by atoms with Crippen LogP contribution in [0.25, 0.3) is 0 Å². The molecular weight excluding hydrogens is 210 g/mol. The third-order valence-electron chi connectivity index (χ3n) is 2.58. The maximum Gasteiger partial charge on any atom is 0.226 e. The molecule has 1 atom stereocenters. The summed E-state index contributed by atoms with van der Waals surface area (Å²) < 4.78 is 0. The molecule has 3 heterocycles. The molecule has 0 radical (unpaired) electrons. The standard InChI is InChI=1S/C10H9N3OS/c14-9-4-6(8-2-1-3-15-8)7-5-11-13-10(7)12-9/h1-3,5-6H,4H2,(H2,11,12,13,14)/t6-/m1/s1. The van der Waals surface area contributed by atoms with Gasteiger partial charge in [-0.1, -0.05) is 6.07 Å². The Morgan fingerprint density at radius 1 is 1.53 bits per heavy atom. The number of fused-ring (bicyclic) bond motifs is 1. The maximum atomic E-state index is 11.5.